The van der Waals surface area contributed by atoms with Crippen LogP contribution in [0, 0.1) is 12.3 Å². The normalized spacial score (nSPS) is 23.7. The second kappa shape index (κ2) is 7.09. The van der Waals surface area contributed by atoms with E-state index >= 15 is 0 Å². The van der Waals surface area contributed by atoms with Crippen LogP contribution in [-0.4, -0.2) is 60.2 Å². The Morgan fingerprint density at radius 1 is 1.12 bits per heavy atom. The van der Waals surface area contributed by atoms with Crippen molar-refractivity contribution in [3.8, 4) is 0 Å². The molecule has 26 heavy (non-hydrogen) atoms. The summed E-state index contributed by atoms with van der Waals surface area (Å²) in [6, 6.07) is 8.23. The Kier molecular flexibility index (Phi) is 5.03. The van der Waals surface area contributed by atoms with Crippen LogP contribution >= 0.6 is 0 Å². The van der Waals surface area contributed by atoms with E-state index in [1.807, 2.05) is 19.1 Å². The van der Waals surface area contributed by atoms with Crippen LogP contribution in [0.5, 0.6) is 0 Å². The molecule has 0 aliphatic carbocycles. The van der Waals surface area contributed by atoms with Crippen molar-refractivity contribution in [3.05, 3.63) is 29.8 Å². The van der Waals surface area contributed by atoms with Gasteiger partial charge in [0.15, 0.2) is 0 Å². The molecule has 2 fully saturated rings. The molecule has 3 amide bonds. The second-order valence-corrected chi connectivity index (χ2v) is 7.53. The lowest BCUT2D eigenvalue weighted by atomic mass is 9.86. The van der Waals surface area contributed by atoms with Gasteiger partial charge in [0, 0.05) is 38.3 Å². The van der Waals surface area contributed by atoms with Gasteiger partial charge in [0.05, 0.1) is 5.41 Å². The Bertz CT molecular complexity index is 725. The third-order valence-corrected chi connectivity index (χ3v) is 5.77. The zero-order valence-corrected chi connectivity index (χ0v) is 15.8. The van der Waals surface area contributed by atoms with Gasteiger partial charge in [-0.3, -0.25) is 19.3 Å². The van der Waals surface area contributed by atoms with E-state index in [0.29, 0.717) is 19.5 Å². The first-order valence-electron chi connectivity index (χ1n) is 9.29. The number of anilines is 1. The van der Waals surface area contributed by atoms with Crippen LogP contribution in [0.3, 0.4) is 0 Å². The quantitative estimate of drug-likeness (QED) is 0.771. The highest BCUT2D eigenvalue weighted by Crippen LogP contribution is 2.35. The van der Waals surface area contributed by atoms with Gasteiger partial charge in [-0.2, -0.15) is 0 Å². The molecule has 1 unspecified atom stereocenters. The molecule has 0 aromatic heterocycles. The number of carbonyl (C=O) groups excluding carboxylic acids is 3. The number of benzene rings is 1. The fourth-order valence-corrected chi connectivity index (χ4v) is 3.73. The Balaban J connectivity index is 1.59. The number of imide groups is 1. The molecule has 1 aromatic carbocycles. The number of rotatable bonds is 4. The largest absolute Gasteiger partial charge is 0.368 e. The second-order valence-electron chi connectivity index (χ2n) is 7.53. The molecule has 2 aliphatic heterocycles. The number of hydrogen-bond acceptors (Lipinski definition) is 4. The highest BCUT2D eigenvalue weighted by atomic mass is 16.2. The van der Waals surface area contributed by atoms with Gasteiger partial charge in [-0.05, 0) is 25.0 Å². The van der Waals surface area contributed by atoms with Crippen LogP contribution < -0.4 is 4.90 Å². The standard InChI is InChI=1S/C20H27N3O3/c1-4-20(3)13-17(24)23(19(20)26)14-18(25)22-11-9-21(10-12-22)16-8-6-5-7-15(16)2/h5-8H,4,9-14H2,1-3H3. The van der Waals surface area contributed by atoms with E-state index in [1.54, 1.807) is 11.8 Å². The van der Waals surface area contributed by atoms with Gasteiger partial charge in [-0.25, -0.2) is 0 Å². The van der Waals surface area contributed by atoms with Crippen molar-refractivity contribution < 1.29 is 14.4 Å². The number of piperazine rings is 1. The fourth-order valence-electron chi connectivity index (χ4n) is 3.73. The number of carbonyl (C=O) groups is 3. The molecule has 2 heterocycles. The van der Waals surface area contributed by atoms with Crippen LogP contribution in [0.25, 0.3) is 0 Å². The predicted octanol–water partition coefficient (Wildman–Crippen LogP) is 1.82. The molecule has 2 saturated heterocycles. The highest BCUT2D eigenvalue weighted by molar-refractivity contribution is 6.07. The number of aryl methyl sites for hydroxylation is 1. The topological polar surface area (TPSA) is 60.9 Å². The molecule has 140 valence electrons. The van der Waals surface area contributed by atoms with Crippen LogP contribution in [0.2, 0.25) is 0 Å². The molecule has 0 N–H and O–H groups in total. The van der Waals surface area contributed by atoms with E-state index < -0.39 is 5.41 Å². The van der Waals surface area contributed by atoms with Gasteiger partial charge in [0.1, 0.15) is 6.54 Å². The van der Waals surface area contributed by atoms with Gasteiger partial charge in [0.2, 0.25) is 17.7 Å². The maximum Gasteiger partial charge on any atom is 0.242 e. The average Bonchev–Trinajstić information content (AvgIpc) is 2.86. The first-order chi connectivity index (χ1) is 12.4. The summed E-state index contributed by atoms with van der Waals surface area (Å²) >= 11 is 0. The van der Waals surface area contributed by atoms with Crippen molar-refractivity contribution in [2.45, 2.75) is 33.6 Å². The van der Waals surface area contributed by atoms with Crippen molar-refractivity contribution >= 4 is 23.4 Å². The molecule has 3 rings (SSSR count). The Morgan fingerprint density at radius 2 is 1.77 bits per heavy atom. The number of nitrogens with zero attached hydrogens (tertiary/aromatic N) is 3. The minimum Gasteiger partial charge on any atom is -0.368 e. The predicted molar refractivity (Wildman–Crippen MR) is 99.7 cm³/mol. The minimum atomic E-state index is -0.652. The first-order valence-corrected chi connectivity index (χ1v) is 9.29. The monoisotopic (exact) mass is 357 g/mol. The summed E-state index contributed by atoms with van der Waals surface area (Å²) in [5.74, 6) is -0.584. The number of amides is 3. The molecule has 6 nitrogen and oxygen atoms in total. The number of para-hydroxylation sites is 1. The van der Waals surface area contributed by atoms with E-state index in [9.17, 15) is 14.4 Å². The van der Waals surface area contributed by atoms with Gasteiger partial charge < -0.3 is 9.80 Å². The van der Waals surface area contributed by atoms with E-state index in [2.05, 4.69) is 24.0 Å². The van der Waals surface area contributed by atoms with Gasteiger partial charge in [0.25, 0.3) is 0 Å². The average molecular weight is 357 g/mol. The zero-order chi connectivity index (χ0) is 18.9. The molecule has 6 heteroatoms. The summed E-state index contributed by atoms with van der Waals surface area (Å²) in [6.45, 7) is 8.39. The molecule has 0 radical (unpaired) electrons. The molecule has 2 aliphatic rings. The SMILES string of the molecule is CCC1(C)CC(=O)N(CC(=O)N2CCN(c3ccccc3C)CC2)C1=O. The van der Waals surface area contributed by atoms with Crippen molar-refractivity contribution in [2.75, 3.05) is 37.6 Å². The third kappa shape index (κ3) is 3.32. The summed E-state index contributed by atoms with van der Waals surface area (Å²) in [5, 5.41) is 0. The van der Waals surface area contributed by atoms with E-state index in [-0.39, 0.29) is 30.7 Å². The highest BCUT2D eigenvalue weighted by Gasteiger charge is 2.47. The Labute approximate surface area is 154 Å². The zero-order valence-electron chi connectivity index (χ0n) is 15.8. The van der Waals surface area contributed by atoms with Gasteiger partial charge >= 0.3 is 0 Å². The van der Waals surface area contributed by atoms with Crippen LogP contribution in [0.15, 0.2) is 24.3 Å². The Morgan fingerprint density at radius 3 is 2.35 bits per heavy atom. The van der Waals surface area contributed by atoms with Crippen molar-refractivity contribution in [3.63, 3.8) is 0 Å². The van der Waals surface area contributed by atoms with E-state index in [0.717, 1.165) is 18.0 Å². The van der Waals surface area contributed by atoms with Crippen LogP contribution in [-0.2, 0) is 14.4 Å². The van der Waals surface area contributed by atoms with E-state index in [1.165, 1.54) is 11.3 Å². The molecule has 1 aromatic rings. The summed E-state index contributed by atoms with van der Waals surface area (Å²) in [6.07, 6.45) is 0.814. The molecule has 0 bridgehead atoms. The first kappa shape index (κ1) is 18.4. The fraction of sp³-hybridized carbons (Fsp3) is 0.550. The summed E-state index contributed by atoms with van der Waals surface area (Å²) < 4.78 is 0. The smallest absolute Gasteiger partial charge is 0.242 e. The lowest BCUT2D eigenvalue weighted by Gasteiger charge is -2.37. The van der Waals surface area contributed by atoms with Gasteiger partial charge in [-0.1, -0.05) is 32.0 Å². The van der Waals surface area contributed by atoms with Crippen LogP contribution in [0.1, 0.15) is 32.3 Å². The lowest BCUT2D eigenvalue weighted by molar-refractivity contribution is -0.147. The third-order valence-electron chi connectivity index (χ3n) is 5.77. The van der Waals surface area contributed by atoms with Crippen molar-refractivity contribution in [2.24, 2.45) is 5.41 Å². The van der Waals surface area contributed by atoms with Crippen LogP contribution in [0.4, 0.5) is 5.69 Å². The molecule has 0 spiro atoms. The van der Waals surface area contributed by atoms with Gasteiger partial charge in [-0.15, -0.1) is 0 Å². The minimum absolute atomic E-state index is 0.127. The summed E-state index contributed by atoms with van der Waals surface area (Å²) in [5.41, 5.74) is 1.77. The molecule has 1 atom stereocenters. The maximum absolute atomic E-state index is 12.6. The molecule has 0 saturated carbocycles. The van der Waals surface area contributed by atoms with Crippen molar-refractivity contribution in [1.82, 2.24) is 9.80 Å². The summed E-state index contributed by atoms with van der Waals surface area (Å²) in [4.78, 5) is 42.5. The summed E-state index contributed by atoms with van der Waals surface area (Å²) in [7, 11) is 0. The molecular weight excluding hydrogens is 330 g/mol. The lowest BCUT2D eigenvalue weighted by Crippen LogP contribution is -2.52. The maximum atomic E-state index is 12.6. The van der Waals surface area contributed by atoms with E-state index in [4.69, 9.17) is 0 Å². The molecular formula is C20H27N3O3. The number of hydrogen-bond donors (Lipinski definition) is 0. The number of likely N-dealkylation sites (tertiary alicyclic amines) is 1. The van der Waals surface area contributed by atoms with Crippen molar-refractivity contribution in [1.29, 1.82) is 0 Å². The Hall–Kier alpha value is -2.37.